The number of anilines is 1. The molecule has 1 aliphatic carbocycles. The van der Waals surface area contributed by atoms with Crippen LogP contribution in [0.25, 0.3) is 11.0 Å². The lowest BCUT2D eigenvalue weighted by Gasteiger charge is -2.26. The number of carbonyl (C=O) groups is 1. The van der Waals surface area contributed by atoms with Gasteiger partial charge in [-0.15, -0.1) is 0 Å². The topological polar surface area (TPSA) is 88.1 Å². The fraction of sp³-hybridized carbons (Fsp3) is 0.450. The van der Waals surface area contributed by atoms with Crippen LogP contribution in [0.4, 0.5) is 5.69 Å². The summed E-state index contributed by atoms with van der Waals surface area (Å²) in [6.07, 6.45) is 2.97. The lowest BCUT2D eigenvalue weighted by Crippen LogP contribution is -2.36. The Kier molecular flexibility index (Phi) is 4.37. The van der Waals surface area contributed by atoms with Crippen LogP contribution in [-0.2, 0) is 31.2 Å². The highest BCUT2D eigenvalue weighted by Crippen LogP contribution is 2.25. The molecule has 3 aromatic rings. The monoisotopic (exact) mass is 380 g/mol. The lowest BCUT2D eigenvalue weighted by atomic mass is 10.2. The summed E-state index contributed by atoms with van der Waals surface area (Å²) in [6, 6.07) is 5.87. The van der Waals surface area contributed by atoms with Crippen LogP contribution in [0.3, 0.4) is 0 Å². The van der Waals surface area contributed by atoms with Crippen molar-refractivity contribution in [3.63, 3.8) is 0 Å². The smallest absolute Gasteiger partial charge is 0.276 e. The van der Waals surface area contributed by atoms with Crippen LogP contribution >= 0.6 is 0 Å². The zero-order valence-corrected chi connectivity index (χ0v) is 16.0. The highest BCUT2D eigenvalue weighted by Gasteiger charge is 2.23. The standard InChI is InChI=1S/C20H24N6O2/c1-25-17-6-5-13(21-20(27)19-14-3-2-4-15(14)23-24-19)11-16(17)22-18(25)12-26-7-9-28-10-8-26/h5-6,11H,2-4,7-10,12H2,1H3,(H,21,27)(H,23,24). The summed E-state index contributed by atoms with van der Waals surface area (Å²) in [4.78, 5) is 19.8. The molecule has 5 rings (SSSR count). The molecule has 0 bridgehead atoms. The van der Waals surface area contributed by atoms with Gasteiger partial charge in [-0.05, 0) is 37.5 Å². The molecule has 8 heteroatoms. The van der Waals surface area contributed by atoms with E-state index in [-0.39, 0.29) is 5.91 Å². The van der Waals surface area contributed by atoms with Crippen LogP contribution in [0.15, 0.2) is 18.2 Å². The molecule has 0 unspecified atom stereocenters. The average Bonchev–Trinajstić information content (AvgIpc) is 3.38. The molecule has 28 heavy (non-hydrogen) atoms. The molecule has 1 aliphatic heterocycles. The van der Waals surface area contributed by atoms with Gasteiger partial charge in [0.25, 0.3) is 5.91 Å². The molecule has 1 fully saturated rings. The van der Waals surface area contributed by atoms with E-state index in [0.717, 1.165) is 85.9 Å². The van der Waals surface area contributed by atoms with Crippen molar-refractivity contribution in [1.82, 2.24) is 24.6 Å². The van der Waals surface area contributed by atoms with Crippen molar-refractivity contribution in [3.8, 4) is 0 Å². The van der Waals surface area contributed by atoms with E-state index in [0.29, 0.717) is 5.69 Å². The summed E-state index contributed by atoms with van der Waals surface area (Å²) in [6.45, 7) is 4.21. The zero-order valence-electron chi connectivity index (χ0n) is 16.0. The van der Waals surface area contributed by atoms with Gasteiger partial charge in [-0.3, -0.25) is 14.8 Å². The summed E-state index contributed by atoms with van der Waals surface area (Å²) < 4.78 is 7.54. The Balaban J connectivity index is 1.36. The SMILES string of the molecule is Cn1c(CN2CCOCC2)nc2cc(NC(=O)c3n[nH]c4c3CCC4)ccc21. The van der Waals surface area contributed by atoms with Crippen LogP contribution in [0.1, 0.15) is 34.0 Å². The number of carbonyl (C=O) groups excluding carboxylic acids is 1. The fourth-order valence-corrected chi connectivity index (χ4v) is 4.13. The number of hydrogen-bond acceptors (Lipinski definition) is 5. The van der Waals surface area contributed by atoms with Gasteiger partial charge in [0.05, 0.1) is 30.8 Å². The number of aromatic amines is 1. The Hall–Kier alpha value is -2.71. The molecular weight excluding hydrogens is 356 g/mol. The molecular formula is C20H24N6O2. The Morgan fingerprint density at radius 2 is 2.14 bits per heavy atom. The average molecular weight is 380 g/mol. The number of H-pyrrole nitrogens is 1. The zero-order chi connectivity index (χ0) is 19.1. The summed E-state index contributed by atoms with van der Waals surface area (Å²) in [5.41, 5.74) is 5.35. The van der Waals surface area contributed by atoms with Gasteiger partial charge in [0, 0.05) is 37.1 Å². The molecule has 0 spiro atoms. The largest absolute Gasteiger partial charge is 0.379 e. The molecule has 1 saturated heterocycles. The maximum absolute atomic E-state index is 12.7. The predicted molar refractivity (Wildman–Crippen MR) is 105 cm³/mol. The van der Waals surface area contributed by atoms with E-state index in [2.05, 4.69) is 25.0 Å². The number of aryl methyl sites for hydroxylation is 2. The number of hydrogen-bond donors (Lipinski definition) is 2. The normalized spacial score (nSPS) is 17.2. The molecule has 1 amide bonds. The molecule has 0 atom stereocenters. The number of nitrogens with zero attached hydrogens (tertiary/aromatic N) is 4. The van der Waals surface area contributed by atoms with Gasteiger partial charge in [0.1, 0.15) is 5.82 Å². The van der Waals surface area contributed by atoms with Gasteiger partial charge < -0.3 is 14.6 Å². The summed E-state index contributed by atoms with van der Waals surface area (Å²) in [5.74, 6) is 0.855. The van der Waals surface area contributed by atoms with Crippen LogP contribution in [-0.4, -0.2) is 56.9 Å². The maximum atomic E-state index is 12.7. The van der Waals surface area contributed by atoms with E-state index in [9.17, 15) is 4.79 Å². The number of aromatic nitrogens is 4. The Labute approximate surface area is 162 Å². The first-order valence-corrected chi connectivity index (χ1v) is 9.82. The van der Waals surface area contributed by atoms with Gasteiger partial charge in [-0.1, -0.05) is 0 Å². The molecule has 0 radical (unpaired) electrons. The third kappa shape index (κ3) is 3.08. The van der Waals surface area contributed by atoms with Crippen molar-refractivity contribution in [2.45, 2.75) is 25.8 Å². The van der Waals surface area contributed by atoms with Gasteiger partial charge >= 0.3 is 0 Å². The predicted octanol–water partition coefficient (Wildman–Crippen LogP) is 1.87. The summed E-state index contributed by atoms with van der Waals surface area (Å²) >= 11 is 0. The first-order valence-electron chi connectivity index (χ1n) is 9.82. The van der Waals surface area contributed by atoms with Crippen molar-refractivity contribution in [1.29, 1.82) is 0 Å². The van der Waals surface area contributed by atoms with Crippen molar-refractivity contribution in [2.75, 3.05) is 31.6 Å². The molecule has 8 nitrogen and oxygen atoms in total. The van der Waals surface area contributed by atoms with Crippen LogP contribution in [0.2, 0.25) is 0 Å². The van der Waals surface area contributed by atoms with Crippen molar-refractivity contribution >= 4 is 22.6 Å². The van der Waals surface area contributed by atoms with Crippen molar-refractivity contribution in [2.24, 2.45) is 7.05 Å². The first-order chi connectivity index (χ1) is 13.7. The molecule has 0 saturated carbocycles. The summed E-state index contributed by atoms with van der Waals surface area (Å²) in [5, 5.41) is 10.2. The minimum absolute atomic E-state index is 0.164. The third-order valence-corrected chi connectivity index (χ3v) is 5.72. The third-order valence-electron chi connectivity index (χ3n) is 5.72. The number of benzene rings is 1. The Morgan fingerprint density at radius 3 is 3.00 bits per heavy atom. The maximum Gasteiger partial charge on any atom is 0.276 e. The van der Waals surface area contributed by atoms with Crippen LogP contribution in [0.5, 0.6) is 0 Å². The number of rotatable bonds is 4. The summed E-state index contributed by atoms with van der Waals surface area (Å²) in [7, 11) is 2.04. The fourth-order valence-electron chi connectivity index (χ4n) is 4.13. The molecule has 2 aromatic heterocycles. The van der Waals surface area contributed by atoms with E-state index in [1.807, 2.05) is 25.2 Å². The second-order valence-electron chi connectivity index (χ2n) is 7.52. The highest BCUT2D eigenvalue weighted by molar-refractivity contribution is 6.04. The number of ether oxygens (including phenoxy) is 1. The number of nitrogens with one attached hydrogen (secondary N) is 2. The molecule has 1 aromatic carbocycles. The van der Waals surface area contributed by atoms with Gasteiger partial charge in [-0.25, -0.2) is 4.98 Å². The Bertz CT molecular complexity index is 1030. The van der Waals surface area contributed by atoms with Gasteiger partial charge in [0.15, 0.2) is 5.69 Å². The van der Waals surface area contributed by atoms with E-state index in [4.69, 9.17) is 9.72 Å². The number of imidazole rings is 1. The molecule has 146 valence electrons. The van der Waals surface area contributed by atoms with Crippen LogP contribution in [0, 0.1) is 0 Å². The Morgan fingerprint density at radius 1 is 1.29 bits per heavy atom. The van der Waals surface area contributed by atoms with Crippen molar-refractivity contribution < 1.29 is 9.53 Å². The molecule has 3 heterocycles. The number of morpholine rings is 1. The van der Waals surface area contributed by atoms with E-state index in [1.54, 1.807) is 0 Å². The number of fused-ring (bicyclic) bond motifs is 2. The molecule has 2 aliphatic rings. The van der Waals surface area contributed by atoms with Crippen LogP contribution < -0.4 is 5.32 Å². The van der Waals surface area contributed by atoms with E-state index in [1.165, 1.54) is 0 Å². The lowest BCUT2D eigenvalue weighted by molar-refractivity contribution is 0.0328. The second-order valence-corrected chi connectivity index (χ2v) is 7.52. The minimum atomic E-state index is -0.164. The minimum Gasteiger partial charge on any atom is -0.379 e. The quantitative estimate of drug-likeness (QED) is 0.721. The van der Waals surface area contributed by atoms with Gasteiger partial charge in [-0.2, -0.15) is 5.10 Å². The van der Waals surface area contributed by atoms with E-state index < -0.39 is 0 Å². The second kappa shape index (κ2) is 7.03. The highest BCUT2D eigenvalue weighted by atomic mass is 16.5. The molecule has 2 N–H and O–H groups in total. The van der Waals surface area contributed by atoms with E-state index >= 15 is 0 Å². The van der Waals surface area contributed by atoms with Crippen molar-refractivity contribution in [3.05, 3.63) is 41.0 Å². The first kappa shape index (κ1) is 17.4. The van der Waals surface area contributed by atoms with Gasteiger partial charge in [0.2, 0.25) is 0 Å². The number of amides is 1.